The Labute approximate surface area is 97.8 Å². The second-order valence-electron chi connectivity index (χ2n) is 5.43. The van der Waals surface area contributed by atoms with Crippen molar-refractivity contribution in [2.75, 3.05) is 19.7 Å². The van der Waals surface area contributed by atoms with Crippen LogP contribution in [0.1, 0.15) is 39.5 Å². The monoisotopic (exact) mass is 228 g/mol. The van der Waals surface area contributed by atoms with Gasteiger partial charge in [0.05, 0.1) is 6.54 Å². The van der Waals surface area contributed by atoms with E-state index in [2.05, 4.69) is 10.6 Å². The fourth-order valence-corrected chi connectivity index (χ4v) is 1.46. The summed E-state index contributed by atoms with van der Waals surface area (Å²) in [5.41, 5.74) is -0.0308. The molecule has 4 heteroatoms. The highest BCUT2D eigenvalue weighted by Gasteiger charge is 2.21. The second kappa shape index (κ2) is 6.21. The van der Waals surface area contributed by atoms with Crippen LogP contribution in [0.3, 0.4) is 0 Å². The van der Waals surface area contributed by atoms with Crippen LogP contribution >= 0.6 is 0 Å². The number of amides is 1. The van der Waals surface area contributed by atoms with E-state index in [4.69, 9.17) is 5.11 Å². The minimum Gasteiger partial charge on any atom is -0.396 e. The van der Waals surface area contributed by atoms with Gasteiger partial charge in [0.1, 0.15) is 0 Å². The van der Waals surface area contributed by atoms with Gasteiger partial charge in [0.2, 0.25) is 5.91 Å². The third-order valence-corrected chi connectivity index (χ3v) is 2.91. The zero-order chi connectivity index (χ0) is 12.0. The molecule has 0 heterocycles. The van der Waals surface area contributed by atoms with E-state index >= 15 is 0 Å². The van der Waals surface area contributed by atoms with Crippen LogP contribution in [0.4, 0.5) is 0 Å². The molecule has 1 saturated carbocycles. The van der Waals surface area contributed by atoms with Gasteiger partial charge in [0.25, 0.3) is 0 Å². The maximum absolute atomic E-state index is 11.3. The first-order chi connectivity index (χ1) is 7.53. The molecule has 0 aromatic heterocycles. The molecule has 0 atom stereocenters. The van der Waals surface area contributed by atoms with Crippen LogP contribution in [0, 0.1) is 5.41 Å². The number of carbonyl (C=O) groups excluding carboxylic acids is 1. The fraction of sp³-hybridized carbons (Fsp3) is 0.917. The standard InChI is InChI=1S/C12H24N2O2/c1-12(2,9-15)6-3-7-13-11(16)8-14-10-4-5-10/h10,14-15H,3-9H2,1-2H3,(H,13,16). The average Bonchev–Trinajstić information content (AvgIpc) is 3.05. The molecule has 0 aromatic carbocycles. The predicted molar refractivity (Wildman–Crippen MR) is 64.1 cm³/mol. The molecule has 0 bridgehead atoms. The van der Waals surface area contributed by atoms with Crippen molar-refractivity contribution >= 4 is 5.91 Å². The highest BCUT2D eigenvalue weighted by atomic mass is 16.3. The summed E-state index contributed by atoms with van der Waals surface area (Å²) < 4.78 is 0. The highest BCUT2D eigenvalue weighted by molar-refractivity contribution is 5.78. The van der Waals surface area contributed by atoms with E-state index in [0.29, 0.717) is 19.1 Å². The first kappa shape index (κ1) is 13.5. The Morgan fingerprint density at radius 1 is 1.44 bits per heavy atom. The number of hydrogen-bond donors (Lipinski definition) is 3. The van der Waals surface area contributed by atoms with Crippen LogP contribution < -0.4 is 10.6 Å². The summed E-state index contributed by atoms with van der Waals surface area (Å²) in [7, 11) is 0. The van der Waals surface area contributed by atoms with Gasteiger partial charge in [-0.25, -0.2) is 0 Å². The van der Waals surface area contributed by atoms with E-state index in [-0.39, 0.29) is 17.9 Å². The molecule has 0 aliphatic heterocycles. The molecular weight excluding hydrogens is 204 g/mol. The Bertz CT molecular complexity index is 225. The molecule has 1 amide bonds. The van der Waals surface area contributed by atoms with Crippen LogP contribution in [0.15, 0.2) is 0 Å². The van der Waals surface area contributed by atoms with E-state index in [0.717, 1.165) is 12.8 Å². The van der Waals surface area contributed by atoms with Gasteiger partial charge in [-0.1, -0.05) is 13.8 Å². The van der Waals surface area contributed by atoms with Gasteiger partial charge in [-0.3, -0.25) is 4.79 Å². The Balaban J connectivity index is 1.95. The fourth-order valence-electron chi connectivity index (χ4n) is 1.46. The molecule has 0 spiro atoms. The Hall–Kier alpha value is -0.610. The molecule has 3 N–H and O–H groups in total. The minimum atomic E-state index is -0.0308. The van der Waals surface area contributed by atoms with Crippen molar-refractivity contribution in [2.45, 2.75) is 45.6 Å². The maximum Gasteiger partial charge on any atom is 0.233 e. The lowest BCUT2D eigenvalue weighted by molar-refractivity contribution is -0.120. The second-order valence-corrected chi connectivity index (χ2v) is 5.43. The van der Waals surface area contributed by atoms with E-state index in [9.17, 15) is 4.79 Å². The zero-order valence-corrected chi connectivity index (χ0v) is 10.4. The Morgan fingerprint density at radius 3 is 2.69 bits per heavy atom. The molecule has 94 valence electrons. The van der Waals surface area contributed by atoms with E-state index in [1.54, 1.807) is 0 Å². The largest absolute Gasteiger partial charge is 0.396 e. The first-order valence-electron chi connectivity index (χ1n) is 6.14. The molecule has 0 saturated heterocycles. The topological polar surface area (TPSA) is 61.4 Å². The molecule has 0 unspecified atom stereocenters. The molecule has 1 aliphatic carbocycles. The van der Waals surface area contributed by atoms with Crippen LogP contribution in [0.2, 0.25) is 0 Å². The number of rotatable bonds is 8. The molecule has 0 radical (unpaired) electrons. The minimum absolute atomic E-state index is 0.0308. The van der Waals surface area contributed by atoms with Crippen molar-refractivity contribution in [3.63, 3.8) is 0 Å². The van der Waals surface area contributed by atoms with Gasteiger partial charge < -0.3 is 15.7 Å². The molecular formula is C12H24N2O2. The third-order valence-electron chi connectivity index (χ3n) is 2.91. The SMILES string of the molecule is CC(C)(CO)CCCNC(=O)CNC1CC1. The normalized spacial score (nSPS) is 16.2. The summed E-state index contributed by atoms with van der Waals surface area (Å²) in [4.78, 5) is 11.3. The summed E-state index contributed by atoms with van der Waals surface area (Å²) in [6.07, 6.45) is 4.26. The van der Waals surface area contributed by atoms with Gasteiger partial charge in [0, 0.05) is 19.2 Å². The lowest BCUT2D eigenvalue weighted by Gasteiger charge is -2.21. The van der Waals surface area contributed by atoms with Crippen molar-refractivity contribution in [2.24, 2.45) is 5.41 Å². The molecule has 1 rings (SSSR count). The number of aliphatic hydroxyl groups is 1. The van der Waals surface area contributed by atoms with Crippen molar-refractivity contribution < 1.29 is 9.90 Å². The van der Waals surface area contributed by atoms with E-state index in [1.807, 2.05) is 13.8 Å². The quantitative estimate of drug-likeness (QED) is 0.535. The zero-order valence-electron chi connectivity index (χ0n) is 10.4. The van der Waals surface area contributed by atoms with Crippen LogP contribution in [-0.4, -0.2) is 36.8 Å². The van der Waals surface area contributed by atoms with Gasteiger partial charge in [-0.05, 0) is 31.1 Å². The average molecular weight is 228 g/mol. The van der Waals surface area contributed by atoms with Gasteiger partial charge in [-0.2, -0.15) is 0 Å². The summed E-state index contributed by atoms with van der Waals surface area (Å²) in [5.74, 6) is 0.0775. The maximum atomic E-state index is 11.3. The van der Waals surface area contributed by atoms with Crippen LogP contribution in [-0.2, 0) is 4.79 Å². The summed E-state index contributed by atoms with van der Waals surface area (Å²) in [6, 6.07) is 0.582. The highest BCUT2D eigenvalue weighted by Crippen LogP contribution is 2.20. The Morgan fingerprint density at radius 2 is 2.12 bits per heavy atom. The molecule has 0 aromatic rings. The smallest absolute Gasteiger partial charge is 0.233 e. The van der Waals surface area contributed by atoms with Crippen molar-refractivity contribution in [1.29, 1.82) is 0 Å². The van der Waals surface area contributed by atoms with Crippen molar-refractivity contribution in [3.8, 4) is 0 Å². The third kappa shape index (κ3) is 6.08. The summed E-state index contributed by atoms with van der Waals surface area (Å²) in [5, 5.41) is 15.1. The van der Waals surface area contributed by atoms with Gasteiger partial charge >= 0.3 is 0 Å². The van der Waals surface area contributed by atoms with Crippen LogP contribution in [0.25, 0.3) is 0 Å². The number of nitrogens with one attached hydrogen (secondary N) is 2. The lowest BCUT2D eigenvalue weighted by Crippen LogP contribution is -2.35. The lowest BCUT2D eigenvalue weighted by atomic mass is 9.89. The van der Waals surface area contributed by atoms with Gasteiger partial charge in [0.15, 0.2) is 0 Å². The predicted octanol–water partition coefficient (Wildman–Crippen LogP) is 0.653. The van der Waals surface area contributed by atoms with Gasteiger partial charge in [-0.15, -0.1) is 0 Å². The van der Waals surface area contributed by atoms with E-state index < -0.39 is 0 Å². The summed E-state index contributed by atoms with van der Waals surface area (Å²) >= 11 is 0. The van der Waals surface area contributed by atoms with Crippen molar-refractivity contribution in [1.82, 2.24) is 10.6 Å². The van der Waals surface area contributed by atoms with Crippen molar-refractivity contribution in [3.05, 3.63) is 0 Å². The molecule has 4 nitrogen and oxygen atoms in total. The molecule has 1 aliphatic rings. The molecule has 16 heavy (non-hydrogen) atoms. The summed E-state index contributed by atoms with van der Waals surface area (Å²) in [6.45, 7) is 5.40. The van der Waals surface area contributed by atoms with Crippen LogP contribution in [0.5, 0.6) is 0 Å². The molecule has 1 fully saturated rings. The van der Waals surface area contributed by atoms with E-state index in [1.165, 1.54) is 12.8 Å². The Kier molecular flexibility index (Phi) is 5.22. The number of aliphatic hydroxyl groups excluding tert-OH is 1. The number of hydrogen-bond acceptors (Lipinski definition) is 3. The number of carbonyl (C=O) groups is 1. The first-order valence-corrected chi connectivity index (χ1v) is 6.14.